The van der Waals surface area contributed by atoms with Gasteiger partial charge in [0.15, 0.2) is 5.78 Å². The average Bonchev–Trinajstić information content (AvgIpc) is 2.63. The molecule has 2 aromatic carbocycles. The summed E-state index contributed by atoms with van der Waals surface area (Å²) in [5.74, 6) is -0.326. The Bertz CT molecular complexity index is 933. The molecule has 0 radical (unpaired) electrons. The number of nitro benzene ring substituents is 1. The Hall–Kier alpha value is -3.48. The van der Waals surface area contributed by atoms with Crippen LogP contribution < -0.4 is 9.64 Å². The standard InChI is InChI=1S/C18H14N2O5/c1-19(14-8-7-11(20(23)24)9-17(14)25-2)15-10-16(21)12-5-3-4-6-13(12)18(15)22/h3-10H,1-2H3. The molecule has 126 valence electrons. The van der Waals surface area contributed by atoms with E-state index in [1.54, 1.807) is 31.3 Å². The van der Waals surface area contributed by atoms with Gasteiger partial charge in [-0.15, -0.1) is 0 Å². The minimum atomic E-state index is -0.531. The number of carbonyl (C=O) groups is 2. The molecule has 0 unspecified atom stereocenters. The smallest absolute Gasteiger partial charge is 0.273 e. The number of hydrogen-bond donors (Lipinski definition) is 0. The molecule has 0 fully saturated rings. The Morgan fingerprint density at radius 2 is 1.76 bits per heavy atom. The number of hydrogen-bond acceptors (Lipinski definition) is 6. The number of carbonyl (C=O) groups excluding carboxylic acids is 2. The van der Waals surface area contributed by atoms with Crippen LogP contribution in [0.4, 0.5) is 11.4 Å². The van der Waals surface area contributed by atoms with Gasteiger partial charge in [-0.3, -0.25) is 19.7 Å². The van der Waals surface area contributed by atoms with E-state index in [9.17, 15) is 19.7 Å². The number of benzene rings is 2. The molecule has 0 N–H and O–H groups in total. The van der Waals surface area contributed by atoms with Gasteiger partial charge in [0.2, 0.25) is 5.78 Å². The highest BCUT2D eigenvalue weighted by molar-refractivity contribution is 6.25. The van der Waals surface area contributed by atoms with E-state index in [2.05, 4.69) is 0 Å². The molecule has 0 aliphatic heterocycles. The summed E-state index contributed by atoms with van der Waals surface area (Å²) in [6.45, 7) is 0. The van der Waals surface area contributed by atoms with Crippen molar-refractivity contribution >= 4 is 22.9 Å². The number of ketones is 2. The van der Waals surface area contributed by atoms with Crippen molar-refractivity contribution in [3.8, 4) is 5.75 Å². The third kappa shape index (κ3) is 2.76. The van der Waals surface area contributed by atoms with Gasteiger partial charge in [-0.25, -0.2) is 0 Å². The number of methoxy groups -OCH3 is 1. The normalized spacial score (nSPS) is 13.1. The first-order chi connectivity index (χ1) is 11.9. The van der Waals surface area contributed by atoms with Gasteiger partial charge in [0.05, 0.1) is 29.5 Å². The van der Waals surface area contributed by atoms with Crippen molar-refractivity contribution < 1.29 is 19.2 Å². The number of likely N-dealkylation sites (N-methyl/N-ethyl adjacent to an activating group) is 1. The highest BCUT2D eigenvalue weighted by Gasteiger charge is 2.29. The molecule has 3 rings (SSSR count). The van der Waals surface area contributed by atoms with Crippen molar-refractivity contribution in [2.45, 2.75) is 0 Å². The monoisotopic (exact) mass is 338 g/mol. The van der Waals surface area contributed by atoms with E-state index in [4.69, 9.17) is 4.74 Å². The molecule has 2 aromatic rings. The molecule has 0 amide bonds. The van der Waals surface area contributed by atoms with Crippen LogP contribution in [-0.4, -0.2) is 30.6 Å². The van der Waals surface area contributed by atoms with Gasteiger partial charge in [-0.05, 0) is 6.07 Å². The second kappa shape index (κ2) is 6.20. The van der Waals surface area contributed by atoms with E-state index in [0.717, 1.165) is 0 Å². The summed E-state index contributed by atoms with van der Waals surface area (Å²) in [7, 11) is 2.99. The Kier molecular flexibility index (Phi) is 4.06. The number of ether oxygens (including phenoxy) is 1. The van der Waals surface area contributed by atoms with Crippen LogP contribution in [0.5, 0.6) is 5.75 Å². The first-order valence-electron chi connectivity index (χ1n) is 7.40. The van der Waals surface area contributed by atoms with Crippen molar-refractivity contribution in [1.29, 1.82) is 0 Å². The average molecular weight is 338 g/mol. The lowest BCUT2D eigenvalue weighted by molar-refractivity contribution is -0.384. The van der Waals surface area contributed by atoms with Crippen LogP contribution >= 0.6 is 0 Å². The summed E-state index contributed by atoms with van der Waals surface area (Å²) in [5, 5.41) is 10.9. The molecule has 0 saturated heterocycles. The van der Waals surface area contributed by atoms with Gasteiger partial charge in [0.25, 0.3) is 5.69 Å². The molecule has 0 atom stereocenters. The van der Waals surface area contributed by atoms with Gasteiger partial charge in [-0.1, -0.05) is 24.3 Å². The van der Waals surface area contributed by atoms with Gasteiger partial charge in [0.1, 0.15) is 5.75 Å². The molecule has 0 aromatic heterocycles. The summed E-state index contributed by atoms with van der Waals surface area (Å²) in [6, 6.07) is 10.7. The van der Waals surface area contributed by atoms with Gasteiger partial charge in [0, 0.05) is 30.3 Å². The summed E-state index contributed by atoms with van der Waals surface area (Å²) in [4.78, 5) is 36.9. The fourth-order valence-electron chi connectivity index (χ4n) is 2.74. The first kappa shape index (κ1) is 16.4. The van der Waals surface area contributed by atoms with E-state index in [0.29, 0.717) is 16.8 Å². The van der Waals surface area contributed by atoms with Crippen LogP contribution in [0.15, 0.2) is 54.2 Å². The molecule has 0 heterocycles. The maximum Gasteiger partial charge on any atom is 0.273 e. The van der Waals surface area contributed by atoms with Crippen molar-refractivity contribution in [2.24, 2.45) is 0 Å². The van der Waals surface area contributed by atoms with E-state index in [1.165, 1.54) is 36.3 Å². The van der Waals surface area contributed by atoms with E-state index in [1.807, 2.05) is 0 Å². The Morgan fingerprint density at radius 3 is 2.40 bits per heavy atom. The first-order valence-corrected chi connectivity index (χ1v) is 7.40. The third-order valence-corrected chi connectivity index (χ3v) is 4.03. The Labute approximate surface area is 143 Å². The molecule has 0 bridgehead atoms. The Balaban J connectivity index is 2.05. The van der Waals surface area contributed by atoms with Crippen LogP contribution in [0.1, 0.15) is 20.7 Å². The number of allylic oxidation sites excluding steroid dienone is 2. The lowest BCUT2D eigenvalue weighted by Crippen LogP contribution is -2.28. The number of non-ortho nitro benzene ring substituents is 1. The molecular weight excluding hydrogens is 324 g/mol. The van der Waals surface area contributed by atoms with Gasteiger partial charge >= 0.3 is 0 Å². The molecule has 0 saturated carbocycles. The molecular formula is C18H14N2O5. The summed E-state index contributed by atoms with van der Waals surface area (Å²) in [5.41, 5.74) is 1.19. The predicted molar refractivity (Wildman–Crippen MR) is 91.2 cm³/mol. The highest BCUT2D eigenvalue weighted by Crippen LogP contribution is 2.35. The van der Waals surface area contributed by atoms with Gasteiger partial charge < -0.3 is 9.64 Å². The lowest BCUT2D eigenvalue weighted by Gasteiger charge is -2.26. The third-order valence-electron chi connectivity index (χ3n) is 4.03. The quantitative estimate of drug-likeness (QED) is 0.629. The number of Topliss-reactive ketones (excluding diaryl/α,β-unsaturated/α-hetero) is 1. The highest BCUT2D eigenvalue weighted by atomic mass is 16.6. The summed E-state index contributed by atoms with van der Waals surface area (Å²) >= 11 is 0. The lowest BCUT2D eigenvalue weighted by atomic mass is 9.92. The minimum Gasteiger partial charge on any atom is -0.494 e. The SMILES string of the molecule is COc1cc([N+](=O)[O-])ccc1N(C)C1=CC(=O)c2ccccc2C1=O. The maximum atomic E-state index is 12.7. The second-order valence-electron chi connectivity index (χ2n) is 5.44. The van der Waals surface area contributed by atoms with Gasteiger partial charge in [-0.2, -0.15) is 0 Å². The van der Waals surface area contributed by atoms with Crippen LogP contribution in [0, 0.1) is 10.1 Å². The van der Waals surface area contributed by atoms with E-state index < -0.39 is 4.92 Å². The van der Waals surface area contributed by atoms with Crippen molar-refractivity contribution in [3.05, 3.63) is 75.5 Å². The zero-order valence-electron chi connectivity index (χ0n) is 13.6. The molecule has 25 heavy (non-hydrogen) atoms. The van der Waals surface area contributed by atoms with Crippen LogP contribution in [0.2, 0.25) is 0 Å². The van der Waals surface area contributed by atoms with Crippen LogP contribution in [0.3, 0.4) is 0 Å². The Morgan fingerprint density at radius 1 is 1.08 bits per heavy atom. The van der Waals surface area contributed by atoms with E-state index in [-0.39, 0.29) is 28.7 Å². The summed E-state index contributed by atoms with van der Waals surface area (Å²) < 4.78 is 5.21. The van der Waals surface area contributed by atoms with E-state index >= 15 is 0 Å². The van der Waals surface area contributed by atoms with Crippen LogP contribution in [-0.2, 0) is 0 Å². The largest absolute Gasteiger partial charge is 0.494 e. The number of rotatable bonds is 4. The summed E-state index contributed by atoms with van der Waals surface area (Å²) in [6.07, 6.45) is 1.27. The predicted octanol–water partition coefficient (Wildman–Crippen LogP) is 3.00. The molecule has 0 spiro atoms. The number of fused-ring (bicyclic) bond motifs is 1. The topological polar surface area (TPSA) is 89.8 Å². The molecule has 7 heteroatoms. The number of nitro groups is 1. The minimum absolute atomic E-state index is 0.126. The number of nitrogens with zero attached hydrogens (tertiary/aromatic N) is 2. The zero-order chi connectivity index (χ0) is 18.1. The van der Waals surface area contributed by atoms with Crippen LogP contribution in [0.25, 0.3) is 0 Å². The zero-order valence-corrected chi connectivity index (χ0v) is 13.6. The molecule has 1 aliphatic carbocycles. The van der Waals surface area contributed by atoms with Crippen molar-refractivity contribution in [2.75, 3.05) is 19.1 Å². The van der Waals surface area contributed by atoms with Crippen molar-refractivity contribution in [3.63, 3.8) is 0 Å². The fraction of sp³-hybridized carbons (Fsp3) is 0.111. The maximum absolute atomic E-state index is 12.7. The molecule has 1 aliphatic rings. The number of anilines is 1. The van der Waals surface area contributed by atoms with Crippen molar-refractivity contribution in [1.82, 2.24) is 0 Å². The molecule has 7 nitrogen and oxygen atoms in total. The fourth-order valence-corrected chi connectivity index (χ4v) is 2.74. The second-order valence-corrected chi connectivity index (χ2v) is 5.44.